The van der Waals surface area contributed by atoms with Crippen LogP contribution in [0.15, 0.2) is 27.1 Å². The lowest BCUT2D eigenvalue weighted by atomic mass is 10.2. The Hall–Kier alpha value is -0.0600. The summed E-state index contributed by atoms with van der Waals surface area (Å²) in [5.41, 5.74) is 0. The van der Waals surface area contributed by atoms with Crippen molar-refractivity contribution in [3.05, 3.63) is 27.1 Å². The number of nitrogens with one attached hydrogen (secondary N) is 1. The molecule has 1 atom stereocenters. The van der Waals surface area contributed by atoms with Gasteiger partial charge in [0, 0.05) is 10.5 Å². The van der Waals surface area contributed by atoms with Crippen molar-refractivity contribution in [1.29, 1.82) is 0 Å². The average Bonchev–Trinajstić information content (AvgIpc) is 2.28. The zero-order chi connectivity index (χ0) is 13.5. The number of rotatable bonds is 7. The molecular formula is C14H21Br2NO. The fourth-order valence-corrected chi connectivity index (χ4v) is 2.77. The second kappa shape index (κ2) is 8.18. The maximum absolute atomic E-state index is 5.91. The maximum atomic E-state index is 5.91. The van der Waals surface area contributed by atoms with Crippen LogP contribution in [0, 0.1) is 0 Å². The van der Waals surface area contributed by atoms with Crippen LogP contribution >= 0.6 is 31.9 Å². The molecule has 0 amide bonds. The first-order valence-electron chi connectivity index (χ1n) is 6.34. The van der Waals surface area contributed by atoms with Crippen LogP contribution in [0.1, 0.15) is 33.6 Å². The Morgan fingerprint density at radius 3 is 2.56 bits per heavy atom. The molecule has 0 heterocycles. The van der Waals surface area contributed by atoms with E-state index in [2.05, 4.69) is 57.9 Å². The minimum atomic E-state index is 0.233. The summed E-state index contributed by atoms with van der Waals surface area (Å²) >= 11 is 6.94. The highest BCUT2D eigenvalue weighted by Crippen LogP contribution is 2.29. The van der Waals surface area contributed by atoms with E-state index in [-0.39, 0.29) is 6.10 Å². The largest absolute Gasteiger partial charge is 0.490 e. The van der Waals surface area contributed by atoms with E-state index in [1.807, 2.05) is 18.2 Å². The van der Waals surface area contributed by atoms with Crippen molar-refractivity contribution in [2.24, 2.45) is 0 Å². The van der Waals surface area contributed by atoms with Gasteiger partial charge in [0.2, 0.25) is 0 Å². The number of hydrogen-bond donors (Lipinski definition) is 1. The molecular weight excluding hydrogens is 358 g/mol. The molecule has 0 radical (unpaired) electrons. The van der Waals surface area contributed by atoms with Gasteiger partial charge in [0.1, 0.15) is 5.75 Å². The summed E-state index contributed by atoms with van der Waals surface area (Å²) in [6, 6.07) is 6.54. The number of hydrogen-bond acceptors (Lipinski definition) is 2. The molecule has 1 unspecified atom stereocenters. The molecule has 0 saturated carbocycles. The van der Waals surface area contributed by atoms with Crippen LogP contribution in [-0.2, 0) is 0 Å². The van der Waals surface area contributed by atoms with Gasteiger partial charge < -0.3 is 10.1 Å². The first-order valence-corrected chi connectivity index (χ1v) is 7.92. The van der Waals surface area contributed by atoms with Gasteiger partial charge >= 0.3 is 0 Å². The fraction of sp³-hybridized carbons (Fsp3) is 0.571. The van der Waals surface area contributed by atoms with Crippen molar-refractivity contribution in [2.75, 3.05) is 6.54 Å². The van der Waals surface area contributed by atoms with E-state index in [9.17, 15) is 0 Å². The van der Waals surface area contributed by atoms with E-state index in [0.29, 0.717) is 6.04 Å². The summed E-state index contributed by atoms with van der Waals surface area (Å²) < 4.78 is 7.95. The lowest BCUT2D eigenvalue weighted by Crippen LogP contribution is -2.25. The Labute approximate surface area is 127 Å². The zero-order valence-corrected chi connectivity index (χ0v) is 14.3. The third-order valence-electron chi connectivity index (χ3n) is 2.56. The van der Waals surface area contributed by atoms with Gasteiger partial charge in [0.25, 0.3) is 0 Å². The Balaban J connectivity index is 2.33. The average molecular weight is 379 g/mol. The van der Waals surface area contributed by atoms with Crippen molar-refractivity contribution in [3.63, 3.8) is 0 Å². The summed E-state index contributed by atoms with van der Waals surface area (Å²) in [6.45, 7) is 7.49. The first-order chi connectivity index (χ1) is 8.49. The molecule has 0 aromatic heterocycles. The van der Waals surface area contributed by atoms with E-state index < -0.39 is 0 Å². The third-order valence-corrected chi connectivity index (χ3v) is 3.68. The molecule has 0 spiro atoms. The molecule has 2 nitrogen and oxygen atoms in total. The zero-order valence-electron chi connectivity index (χ0n) is 11.2. The highest BCUT2D eigenvalue weighted by atomic mass is 79.9. The third kappa shape index (κ3) is 6.21. The van der Waals surface area contributed by atoms with Gasteiger partial charge in [-0.25, -0.2) is 0 Å². The Morgan fingerprint density at radius 1 is 1.22 bits per heavy atom. The van der Waals surface area contributed by atoms with E-state index in [1.165, 1.54) is 0 Å². The van der Waals surface area contributed by atoms with E-state index in [1.54, 1.807) is 0 Å². The molecule has 1 aromatic rings. The van der Waals surface area contributed by atoms with Crippen molar-refractivity contribution in [3.8, 4) is 5.75 Å². The Bertz CT molecular complexity index is 369. The summed E-state index contributed by atoms with van der Waals surface area (Å²) in [6.07, 6.45) is 2.42. The molecule has 0 bridgehead atoms. The second-order valence-electron chi connectivity index (χ2n) is 4.75. The molecule has 1 aromatic carbocycles. The molecule has 0 aliphatic heterocycles. The second-order valence-corrected chi connectivity index (χ2v) is 6.52. The van der Waals surface area contributed by atoms with Gasteiger partial charge in [0.05, 0.1) is 10.6 Å². The molecule has 0 saturated heterocycles. The van der Waals surface area contributed by atoms with E-state index in [4.69, 9.17) is 4.74 Å². The van der Waals surface area contributed by atoms with Crippen LogP contribution in [0.5, 0.6) is 5.75 Å². The van der Waals surface area contributed by atoms with Crippen molar-refractivity contribution in [2.45, 2.75) is 45.8 Å². The van der Waals surface area contributed by atoms with Crippen LogP contribution < -0.4 is 10.1 Å². The van der Waals surface area contributed by atoms with Crippen LogP contribution in [0.2, 0.25) is 0 Å². The van der Waals surface area contributed by atoms with E-state index >= 15 is 0 Å². The lowest BCUT2D eigenvalue weighted by molar-refractivity contribution is 0.205. The molecule has 4 heteroatoms. The molecule has 1 rings (SSSR count). The van der Waals surface area contributed by atoms with Gasteiger partial charge in [-0.3, -0.25) is 0 Å². The van der Waals surface area contributed by atoms with Crippen LogP contribution in [0.25, 0.3) is 0 Å². The lowest BCUT2D eigenvalue weighted by Gasteiger charge is -2.16. The standard InChI is InChI=1S/C14H21Br2NO/c1-10(2)17-8-4-5-11(3)18-14-7-6-12(15)9-13(14)16/h6-7,9-11,17H,4-5,8H2,1-3H3. The summed E-state index contributed by atoms with van der Waals surface area (Å²) in [5.74, 6) is 0.905. The minimum absolute atomic E-state index is 0.233. The van der Waals surface area contributed by atoms with Crippen LogP contribution in [0.4, 0.5) is 0 Å². The molecule has 1 N–H and O–H groups in total. The SMILES string of the molecule is CC(C)NCCCC(C)Oc1ccc(Br)cc1Br. The molecule has 0 fully saturated rings. The smallest absolute Gasteiger partial charge is 0.133 e. The normalized spacial score (nSPS) is 12.8. The minimum Gasteiger partial charge on any atom is -0.490 e. The Kier molecular flexibility index (Phi) is 7.27. The van der Waals surface area contributed by atoms with Gasteiger partial charge in [-0.1, -0.05) is 29.8 Å². The maximum Gasteiger partial charge on any atom is 0.133 e. The highest BCUT2D eigenvalue weighted by molar-refractivity contribution is 9.11. The quantitative estimate of drug-likeness (QED) is 0.690. The van der Waals surface area contributed by atoms with Crippen LogP contribution in [-0.4, -0.2) is 18.7 Å². The molecule has 0 aliphatic carbocycles. The van der Waals surface area contributed by atoms with Crippen molar-refractivity contribution >= 4 is 31.9 Å². The van der Waals surface area contributed by atoms with Gasteiger partial charge in [-0.2, -0.15) is 0 Å². The predicted molar refractivity (Wildman–Crippen MR) is 84.3 cm³/mol. The van der Waals surface area contributed by atoms with Gasteiger partial charge in [-0.15, -0.1) is 0 Å². The summed E-state index contributed by atoms with van der Waals surface area (Å²) in [7, 11) is 0. The monoisotopic (exact) mass is 377 g/mol. The first kappa shape index (κ1) is 16.0. The Morgan fingerprint density at radius 2 is 1.94 bits per heavy atom. The van der Waals surface area contributed by atoms with E-state index in [0.717, 1.165) is 34.1 Å². The van der Waals surface area contributed by atoms with Crippen molar-refractivity contribution in [1.82, 2.24) is 5.32 Å². The highest BCUT2D eigenvalue weighted by Gasteiger charge is 2.07. The van der Waals surface area contributed by atoms with Crippen molar-refractivity contribution < 1.29 is 4.74 Å². The predicted octanol–water partition coefficient (Wildman–Crippen LogP) is 4.76. The number of ether oxygens (including phenoxy) is 1. The number of halogens is 2. The van der Waals surface area contributed by atoms with Gasteiger partial charge in [0.15, 0.2) is 0 Å². The number of benzene rings is 1. The molecule has 102 valence electrons. The summed E-state index contributed by atoms with van der Waals surface area (Å²) in [5, 5.41) is 3.41. The van der Waals surface area contributed by atoms with Gasteiger partial charge in [-0.05, 0) is 60.4 Å². The topological polar surface area (TPSA) is 21.3 Å². The summed E-state index contributed by atoms with van der Waals surface area (Å²) in [4.78, 5) is 0. The molecule has 18 heavy (non-hydrogen) atoms. The fourth-order valence-electron chi connectivity index (χ4n) is 1.63. The van der Waals surface area contributed by atoms with Crippen LogP contribution in [0.3, 0.4) is 0 Å². The molecule has 0 aliphatic rings.